The number of carboxylic acids is 1. The highest BCUT2D eigenvalue weighted by atomic mass is 16.4. The van der Waals surface area contributed by atoms with E-state index in [1.165, 1.54) is 128 Å². The maximum atomic E-state index is 12.3. The van der Waals surface area contributed by atoms with Gasteiger partial charge in [0.2, 0.25) is 5.91 Å². The third-order valence-electron chi connectivity index (χ3n) is 14.8. The van der Waals surface area contributed by atoms with Gasteiger partial charge >= 0.3 is 5.97 Å². The van der Waals surface area contributed by atoms with Gasteiger partial charge < -0.3 is 32.3 Å². The summed E-state index contributed by atoms with van der Waals surface area (Å²) in [5, 5.41) is 26.1. The molecule has 0 spiro atoms. The van der Waals surface area contributed by atoms with Crippen molar-refractivity contribution in [1.29, 1.82) is 0 Å². The minimum atomic E-state index is -0.691. The predicted octanol–water partition coefficient (Wildman–Crippen LogP) is 11.2. The van der Waals surface area contributed by atoms with Crippen molar-refractivity contribution >= 4 is 17.7 Å². The highest BCUT2D eigenvalue weighted by molar-refractivity contribution is 5.83. The van der Waals surface area contributed by atoms with Gasteiger partial charge in [-0.05, 0) is 115 Å². The number of carbonyl (C=O) groups is 3. The summed E-state index contributed by atoms with van der Waals surface area (Å²) in [5.74, 6) is 0.329. The van der Waals surface area contributed by atoms with Gasteiger partial charge in [-0.15, -0.1) is 0 Å². The molecule has 0 aromatic rings. The molecule has 6 rings (SSSR count). The van der Waals surface area contributed by atoms with Crippen LogP contribution in [0.5, 0.6) is 0 Å². The van der Waals surface area contributed by atoms with E-state index >= 15 is 0 Å². The summed E-state index contributed by atoms with van der Waals surface area (Å²) in [6.45, 7) is 2.82. The van der Waals surface area contributed by atoms with E-state index in [1.807, 2.05) is 6.08 Å². The Kier molecular flexibility index (Phi) is 29.5. The minimum absolute atomic E-state index is 0.0917. The molecule has 0 heterocycles. The first kappa shape index (κ1) is 53.5. The highest BCUT2D eigenvalue weighted by Gasteiger charge is 2.32. The number of aliphatic hydroxyl groups is 1. The van der Waals surface area contributed by atoms with Crippen LogP contribution in [0.4, 0.5) is 0 Å². The van der Waals surface area contributed by atoms with E-state index in [0.29, 0.717) is 43.2 Å². The van der Waals surface area contributed by atoms with Crippen molar-refractivity contribution in [2.75, 3.05) is 6.54 Å². The first-order valence-electron chi connectivity index (χ1n) is 26.3. The van der Waals surface area contributed by atoms with Gasteiger partial charge in [0.1, 0.15) is 5.78 Å². The molecule has 9 nitrogen and oxygen atoms in total. The van der Waals surface area contributed by atoms with Crippen LogP contribution in [-0.4, -0.2) is 64.7 Å². The molecule has 1 amide bonds. The molecule has 6 aliphatic rings. The van der Waals surface area contributed by atoms with Crippen LogP contribution in [0.15, 0.2) is 12.2 Å². The molecular weight excluding hydrogens is 761 g/mol. The number of aliphatic hydroxyl groups excluding tert-OH is 1. The lowest BCUT2D eigenvalue weighted by Crippen LogP contribution is -2.40. The number of hydrogen-bond donors (Lipinski definition) is 6. The van der Waals surface area contributed by atoms with Gasteiger partial charge in [0.05, 0.1) is 12.0 Å². The average molecular weight is 857 g/mol. The Bertz CT molecular complexity index is 1120. The lowest BCUT2D eigenvalue weighted by molar-refractivity contribution is -0.143. The summed E-state index contributed by atoms with van der Waals surface area (Å²) in [5.41, 5.74) is 11.3. The second-order valence-electron chi connectivity index (χ2n) is 20.2. The van der Waals surface area contributed by atoms with Gasteiger partial charge in [0, 0.05) is 49.5 Å². The van der Waals surface area contributed by atoms with Gasteiger partial charge in [-0.3, -0.25) is 14.4 Å². The largest absolute Gasteiger partial charge is 0.481 e. The summed E-state index contributed by atoms with van der Waals surface area (Å²) in [7, 11) is 0. The molecule has 6 aliphatic carbocycles. The Hall–Kier alpha value is -1.81. The van der Waals surface area contributed by atoms with Crippen LogP contribution in [0, 0.1) is 23.7 Å². The molecule has 0 unspecified atom stereocenters. The number of Topliss-reactive ketones (excluding diaryl/α,β-unsaturated/α-hetero) is 1. The number of rotatable bonds is 18. The van der Waals surface area contributed by atoms with Gasteiger partial charge in [-0.25, -0.2) is 0 Å². The van der Waals surface area contributed by atoms with Crippen LogP contribution in [0.3, 0.4) is 0 Å². The molecule has 9 heteroatoms. The fourth-order valence-corrected chi connectivity index (χ4v) is 10.6. The molecule has 61 heavy (non-hydrogen) atoms. The minimum Gasteiger partial charge on any atom is -0.481 e. The molecule has 6 saturated carbocycles. The molecular formula is C52H96N4O5. The Balaban J connectivity index is 0.000000291. The standard InChI is InChI=1S/C28H47NO5.C12H23N.2C6H13N/c1-2-3-6-9-24(30)18-16-22-17-19-26(31)25(22)10-7-4-5-8-11-27(32)29-20-21-12-14-23(15-13-21)28(33)34;1-3-7-11(8-4-1)13-12-9-5-2-6-10-12;2*7-6-4-2-1-3-5-6/h16,18,21-25,30H,2-15,17,19-20H2,1H3,(H,29,32)(H,33,34);11-13H,1-10H2;2*6H,1-5,7H2/b18-16+;;;/t21?,22-,23?,24-,25+;;;/m0.../s1. The maximum Gasteiger partial charge on any atom is 0.306 e. The summed E-state index contributed by atoms with van der Waals surface area (Å²) >= 11 is 0. The highest BCUT2D eigenvalue weighted by Crippen LogP contribution is 2.34. The number of unbranched alkanes of at least 4 members (excludes halogenated alkanes) is 5. The van der Waals surface area contributed by atoms with Crippen molar-refractivity contribution < 1.29 is 24.6 Å². The normalized spacial score (nSPS) is 26.3. The van der Waals surface area contributed by atoms with Crippen LogP contribution < -0.4 is 22.1 Å². The Morgan fingerprint density at radius 3 is 1.69 bits per heavy atom. The second kappa shape index (κ2) is 33.7. The summed E-state index contributed by atoms with van der Waals surface area (Å²) in [4.78, 5) is 35.5. The first-order valence-corrected chi connectivity index (χ1v) is 26.3. The van der Waals surface area contributed by atoms with Crippen molar-refractivity contribution in [1.82, 2.24) is 10.6 Å². The smallest absolute Gasteiger partial charge is 0.306 e. The van der Waals surface area contributed by atoms with E-state index in [1.54, 1.807) is 0 Å². The molecule has 0 aromatic carbocycles. The van der Waals surface area contributed by atoms with Crippen molar-refractivity contribution in [2.24, 2.45) is 35.1 Å². The number of nitrogens with two attached hydrogens (primary N) is 2. The fraction of sp³-hybridized carbons (Fsp3) is 0.904. The van der Waals surface area contributed by atoms with E-state index in [9.17, 15) is 19.5 Å². The van der Waals surface area contributed by atoms with Crippen molar-refractivity contribution in [2.45, 2.75) is 268 Å². The van der Waals surface area contributed by atoms with Crippen molar-refractivity contribution in [3.05, 3.63) is 12.2 Å². The Morgan fingerprint density at radius 2 is 1.20 bits per heavy atom. The van der Waals surface area contributed by atoms with E-state index < -0.39 is 12.1 Å². The molecule has 6 fully saturated rings. The molecule has 8 N–H and O–H groups in total. The maximum absolute atomic E-state index is 12.3. The molecule has 354 valence electrons. The van der Waals surface area contributed by atoms with Crippen LogP contribution >= 0.6 is 0 Å². The van der Waals surface area contributed by atoms with E-state index in [0.717, 1.165) is 102 Å². The number of amides is 1. The first-order chi connectivity index (χ1) is 29.6. The second-order valence-corrected chi connectivity index (χ2v) is 20.2. The predicted molar refractivity (Wildman–Crippen MR) is 253 cm³/mol. The zero-order valence-corrected chi connectivity index (χ0v) is 39.3. The topological polar surface area (TPSA) is 168 Å². The monoisotopic (exact) mass is 857 g/mol. The summed E-state index contributed by atoms with van der Waals surface area (Å²) in [6, 6.07) is 2.82. The molecule has 0 aliphatic heterocycles. The van der Waals surface area contributed by atoms with Crippen LogP contribution in [0.1, 0.15) is 238 Å². The van der Waals surface area contributed by atoms with Crippen LogP contribution in [0.2, 0.25) is 0 Å². The number of aliphatic carboxylic acids is 1. The lowest BCUT2D eigenvalue weighted by atomic mass is 9.82. The molecule has 0 bridgehead atoms. The van der Waals surface area contributed by atoms with Gasteiger partial charge in [-0.1, -0.05) is 135 Å². The number of allylic oxidation sites excluding steroid dienone is 1. The van der Waals surface area contributed by atoms with E-state index in [2.05, 4.69) is 23.6 Å². The van der Waals surface area contributed by atoms with Gasteiger partial charge in [-0.2, -0.15) is 0 Å². The van der Waals surface area contributed by atoms with E-state index in [-0.39, 0.29) is 23.7 Å². The third-order valence-corrected chi connectivity index (χ3v) is 14.8. The number of ketones is 1. The number of carboxylic acid groups (broad SMARTS) is 1. The van der Waals surface area contributed by atoms with Crippen molar-refractivity contribution in [3.8, 4) is 0 Å². The lowest BCUT2D eigenvalue weighted by Gasteiger charge is -2.30. The number of carbonyl (C=O) groups excluding carboxylic acids is 2. The fourth-order valence-electron chi connectivity index (χ4n) is 10.6. The van der Waals surface area contributed by atoms with Crippen molar-refractivity contribution in [3.63, 3.8) is 0 Å². The number of nitrogens with one attached hydrogen (secondary N) is 2. The zero-order chi connectivity index (χ0) is 43.9. The zero-order valence-electron chi connectivity index (χ0n) is 39.3. The van der Waals surface area contributed by atoms with Crippen LogP contribution in [0.25, 0.3) is 0 Å². The van der Waals surface area contributed by atoms with Gasteiger partial charge in [0.25, 0.3) is 0 Å². The molecule has 3 atom stereocenters. The Labute approximate surface area is 373 Å². The Morgan fingerprint density at radius 1 is 0.672 bits per heavy atom. The third kappa shape index (κ3) is 25.3. The number of hydrogen-bond acceptors (Lipinski definition) is 7. The van der Waals surface area contributed by atoms with Crippen LogP contribution in [-0.2, 0) is 14.4 Å². The van der Waals surface area contributed by atoms with E-state index in [4.69, 9.17) is 16.6 Å². The summed E-state index contributed by atoms with van der Waals surface area (Å²) in [6.07, 6.45) is 45.7. The SMILES string of the molecule is C1CCC(NC2CCCCC2)CC1.CCCCC[C@H](O)/C=C/[C@H]1CCC(=O)[C@@H]1CCCCCCC(=O)NCC1CCC(C(=O)O)CC1.NC1CCCCC1.NC1CCCCC1. The summed E-state index contributed by atoms with van der Waals surface area (Å²) < 4.78 is 0. The quantitative estimate of drug-likeness (QED) is 0.0585. The van der Waals surface area contributed by atoms with Gasteiger partial charge in [0.15, 0.2) is 0 Å². The molecule has 0 aromatic heterocycles. The molecule has 0 radical (unpaired) electrons. The molecule has 0 saturated heterocycles. The average Bonchev–Trinajstić information content (AvgIpc) is 3.63.